The second kappa shape index (κ2) is 8.61. The lowest BCUT2D eigenvalue weighted by Gasteiger charge is -2.31. The molecule has 9 heteroatoms. The van der Waals surface area contributed by atoms with E-state index in [4.69, 9.17) is 14.6 Å². The van der Waals surface area contributed by atoms with E-state index in [1.807, 2.05) is 6.92 Å². The van der Waals surface area contributed by atoms with Gasteiger partial charge in [0.05, 0.1) is 6.54 Å². The number of aliphatic carboxylic acids is 1. The molecule has 0 aromatic heterocycles. The molecule has 0 bridgehead atoms. The molecule has 1 aliphatic carbocycles. The third-order valence-electron chi connectivity index (χ3n) is 5.35. The predicted molar refractivity (Wildman–Crippen MR) is 95.0 cm³/mol. The predicted octanol–water partition coefficient (Wildman–Crippen LogP) is 3.60. The normalized spacial score (nSPS) is 23.4. The first-order valence-electron chi connectivity index (χ1n) is 9.79. The van der Waals surface area contributed by atoms with Crippen LogP contribution in [0.25, 0.3) is 0 Å². The first-order valence-corrected chi connectivity index (χ1v) is 9.79. The van der Waals surface area contributed by atoms with Gasteiger partial charge >= 0.3 is 24.0 Å². The topological polar surface area (TPSA) is 92.9 Å². The van der Waals surface area contributed by atoms with Gasteiger partial charge in [-0.1, -0.05) is 33.1 Å². The minimum atomic E-state index is -4.21. The molecular formula is C19H29F2NO6. The number of carbonyl (C=O) groups is 3. The third kappa shape index (κ3) is 5.32. The summed E-state index contributed by atoms with van der Waals surface area (Å²) in [6.07, 6.45) is 3.94. The SMILES string of the molecule is CC(C)C(OC(=O)C1CN1C(=O)OC1(C)CCCCCCC1)C(F)(F)C(=O)O. The van der Waals surface area contributed by atoms with Crippen molar-refractivity contribution < 1.29 is 37.7 Å². The fourth-order valence-electron chi connectivity index (χ4n) is 3.52. The van der Waals surface area contributed by atoms with Gasteiger partial charge in [0.2, 0.25) is 0 Å². The van der Waals surface area contributed by atoms with Crippen LogP contribution in [0.2, 0.25) is 0 Å². The number of nitrogens with zero attached hydrogens (tertiary/aromatic N) is 1. The Balaban J connectivity index is 1.93. The van der Waals surface area contributed by atoms with Gasteiger partial charge < -0.3 is 14.6 Å². The third-order valence-corrected chi connectivity index (χ3v) is 5.35. The first kappa shape index (κ1) is 22.4. The molecule has 2 rings (SSSR count). The average Bonchev–Trinajstić information content (AvgIpc) is 3.36. The summed E-state index contributed by atoms with van der Waals surface area (Å²) in [6, 6.07) is -1.02. The van der Waals surface area contributed by atoms with Gasteiger partial charge in [-0.15, -0.1) is 0 Å². The van der Waals surface area contributed by atoms with Gasteiger partial charge in [-0.05, 0) is 38.5 Å². The fourth-order valence-corrected chi connectivity index (χ4v) is 3.52. The second-order valence-corrected chi connectivity index (χ2v) is 8.28. The second-order valence-electron chi connectivity index (χ2n) is 8.28. The highest BCUT2D eigenvalue weighted by atomic mass is 19.3. The molecule has 2 aliphatic rings. The summed E-state index contributed by atoms with van der Waals surface area (Å²) in [5, 5.41) is 8.70. The van der Waals surface area contributed by atoms with Crippen LogP contribution in [0, 0.1) is 5.92 Å². The smallest absolute Gasteiger partial charge is 0.411 e. The summed E-state index contributed by atoms with van der Waals surface area (Å²) in [7, 11) is 0. The minimum Gasteiger partial charge on any atom is -0.477 e. The maximum Gasteiger partial charge on any atom is 0.411 e. The van der Waals surface area contributed by atoms with E-state index >= 15 is 0 Å². The number of amides is 1. The summed E-state index contributed by atoms with van der Waals surface area (Å²) in [6.45, 7) is 4.55. The van der Waals surface area contributed by atoms with E-state index in [1.165, 1.54) is 20.3 Å². The molecule has 0 aromatic rings. The Bertz CT molecular complexity index is 601. The Labute approximate surface area is 163 Å². The molecule has 1 saturated heterocycles. The highest BCUT2D eigenvalue weighted by molar-refractivity contribution is 5.87. The molecule has 2 fully saturated rings. The van der Waals surface area contributed by atoms with E-state index < -0.39 is 47.6 Å². The van der Waals surface area contributed by atoms with Crippen molar-refractivity contribution in [3.63, 3.8) is 0 Å². The van der Waals surface area contributed by atoms with Gasteiger partial charge in [-0.3, -0.25) is 4.90 Å². The molecule has 1 N–H and O–H groups in total. The molecule has 1 heterocycles. The van der Waals surface area contributed by atoms with Crippen molar-refractivity contribution in [2.24, 2.45) is 5.92 Å². The molecule has 0 aromatic carbocycles. The Morgan fingerprint density at radius 1 is 1.11 bits per heavy atom. The van der Waals surface area contributed by atoms with E-state index in [0.717, 1.165) is 43.4 Å². The molecule has 7 nitrogen and oxygen atoms in total. The van der Waals surface area contributed by atoms with Gasteiger partial charge in [0.25, 0.3) is 0 Å². The van der Waals surface area contributed by atoms with Crippen LogP contribution >= 0.6 is 0 Å². The molecule has 160 valence electrons. The minimum absolute atomic E-state index is 0.0111. The molecular weight excluding hydrogens is 376 g/mol. The van der Waals surface area contributed by atoms with E-state index in [1.54, 1.807) is 0 Å². The van der Waals surface area contributed by atoms with Crippen LogP contribution in [0.3, 0.4) is 0 Å². The number of carbonyl (C=O) groups excluding carboxylic acids is 2. The zero-order valence-electron chi connectivity index (χ0n) is 16.6. The number of hydrogen-bond acceptors (Lipinski definition) is 5. The van der Waals surface area contributed by atoms with Crippen LogP contribution in [0.15, 0.2) is 0 Å². The van der Waals surface area contributed by atoms with Crippen LogP contribution in [0.5, 0.6) is 0 Å². The highest BCUT2D eigenvalue weighted by Gasteiger charge is 2.55. The lowest BCUT2D eigenvalue weighted by atomic mass is 9.88. The van der Waals surface area contributed by atoms with Crippen molar-refractivity contribution in [3.05, 3.63) is 0 Å². The molecule has 0 radical (unpaired) electrons. The molecule has 1 saturated carbocycles. The van der Waals surface area contributed by atoms with Gasteiger partial charge in [-0.2, -0.15) is 8.78 Å². The Morgan fingerprint density at radius 3 is 2.14 bits per heavy atom. The number of halogens is 2. The number of carboxylic acids is 1. The standard InChI is InChI=1S/C19H29F2NO6/c1-12(2)14(19(20,21)16(24)25)27-15(23)13-11-22(13)17(26)28-18(3)9-7-5-4-6-8-10-18/h12-14H,4-11H2,1-3H3,(H,24,25). The lowest BCUT2D eigenvalue weighted by molar-refractivity contribution is -0.199. The molecule has 1 aliphatic heterocycles. The van der Waals surface area contributed by atoms with Crippen molar-refractivity contribution in [2.75, 3.05) is 6.54 Å². The van der Waals surface area contributed by atoms with Crippen LogP contribution in [0.1, 0.15) is 65.7 Å². The quantitative estimate of drug-likeness (QED) is 0.536. The largest absolute Gasteiger partial charge is 0.477 e. The fraction of sp³-hybridized carbons (Fsp3) is 0.842. The summed E-state index contributed by atoms with van der Waals surface area (Å²) in [5.41, 5.74) is -0.606. The molecule has 0 spiro atoms. The molecule has 1 amide bonds. The first-order chi connectivity index (χ1) is 13.0. The zero-order valence-corrected chi connectivity index (χ0v) is 16.6. The summed E-state index contributed by atoms with van der Waals surface area (Å²) in [5.74, 6) is -8.53. The van der Waals surface area contributed by atoms with Crippen LogP contribution < -0.4 is 0 Å². The number of alkyl halides is 2. The van der Waals surface area contributed by atoms with E-state index in [0.29, 0.717) is 0 Å². The average molecular weight is 405 g/mol. The van der Waals surface area contributed by atoms with Gasteiger partial charge in [0.15, 0.2) is 12.1 Å². The maximum atomic E-state index is 13.8. The van der Waals surface area contributed by atoms with E-state index in [-0.39, 0.29) is 6.54 Å². The number of esters is 1. The van der Waals surface area contributed by atoms with Crippen molar-refractivity contribution in [1.29, 1.82) is 0 Å². The number of hydrogen-bond donors (Lipinski definition) is 1. The van der Waals surface area contributed by atoms with Crippen LogP contribution in [0.4, 0.5) is 13.6 Å². The van der Waals surface area contributed by atoms with Crippen molar-refractivity contribution >= 4 is 18.0 Å². The van der Waals surface area contributed by atoms with Crippen molar-refractivity contribution in [3.8, 4) is 0 Å². The van der Waals surface area contributed by atoms with Gasteiger partial charge in [0, 0.05) is 0 Å². The molecule has 2 unspecified atom stereocenters. The number of rotatable bonds is 6. The summed E-state index contributed by atoms with van der Waals surface area (Å²) < 4.78 is 38.0. The molecule has 28 heavy (non-hydrogen) atoms. The Morgan fingerprint density at radius 2 is 1.64 bits per heavy atom. The Kier molecular flexibility index (Phi) is 6.88. The van der Waals surface area contributed by atoms with Crippen molar-refractivity contribution in [1.82, 2.24) is 4.90 Å². The van der Waals surface area contributed by atoms with E-state index in [2.05, 4.69) is 0 Å². The van der Waals surface area contributed by atoms with Crippen LogP contribution in [-0.4, -0.2) is 58.3 Å². The zero-order chi connectivity index (χ0) is 21.1. The highest BCUT2D eigenvalue weighted by Crippen LogP contribution is 2.33. The monoisotopic (exact) mass is 405 g/mol. The van der Waals surface area contributed by atoms with Gasteiger partial charge in [-0.25, -0.2) is 14.4 Å². The summed E-state index contributed by atoms with van der Waals surface area (Å²) in [4.78, 5) is 36.5. The lowest BCUT2D eigenvalue weighted by Crippen LogP contribution is -2.47. The van der Waals surface area contributed by atoms with Crippen molar-refractivity contribution in [2.45, 2.75) is 89.4 Å². The maximum absolute atomic E-state index is 13.8. The number of carboxylic acid groups (broad SMARTS) is 1. The summed E-state index contributed by atoms with van der Waals surface area (Å²) >= 11 is 0. The number of ether oxygens (including phenoxy) is 2. The van der Waals surface area contributed by atoms with E-state index in [9.17, 15) is 23.2 Å². The molecule has 2 atom stereocenters. The van der Waals surface area contributed by atoms with Gasteiger partial charge in [0.1, 0.15) is 5.60 Å². The van der Waals surface area contributed by atoms with Crippen LogP contribution in [-0.2, 0) is 19.1 Å². The Hall–Kier alpha value is -1.93.